The van der Waals surface area contributed by atoms with Gasteiger partial charge in [0.05, 0.1) is 17.2 Å². The maximum absolute atomic E-state index is 14.0. The summed E-state index contributed by atoms with van der Waals surface area (Å²) in [6.45, 7) is 2.29. The Morgan fingerprint density at radius 2 is 1.88 bits per heavy atom. The van der Waals surface area contributed by atoms with Crippen LogP contribution in [0.1, 0.15) is 32.6 Å². The van der Waals surface area contributed by atoms with E-state index in [2.05, 4.69) is 5.32 Å². The van der Waals surface area contributed by atoms with Crippen LogP contribution >= 0.6 is 11.3 Å². The van der Waals surface area contributed by atoms with Crippen molar-refractivity contribution in [2.45, 2.75) is 13.5 Å². The lowest BCUT2D eigenvalue weighted by atomic mass is 10.1. The molecule has 1 amide bonds. The summed E-state index contributed by atoms with van der Waals surface area (Å²) in [4.78, 5) is 26.4. The molecular weight excluding hydrogens is 427 g/mol. The van der Waals surface area contributed by atoms with Crippen molar-refractivity contribution in [3.05, 3.63) is 100 Å². The molecule has 0 saturated heterocycles. The topological polar surface area (TPSA) is 60.3 Å². The Kier molecular flexibility index (Phi) is 6.47. The third-order valence-corrected chi connectivity index (χ3v) is 5.73. The predicted molar refractivity (Wildman–Crippen MR) is 124 cm³/mol. The van der Waals surface area contributed by atoms with Crippen LogP contribution in [-0.4, -0.2) is 23.1 Å². The second-order valence-electron chi connectivity index (χ2n) is 7.04. The number of esters is 1. The van der Waals surface area contributed by atoms with E-state index in [-0.39, 0.29) is 18.2 Å². The third-order valence-electron chi connectivity index (χ3n) is 4.86. The maximum atomic E-state index is 14.0. The molecule has 0 aliphatic heterocycles. The van der Waals surface area contributed by atoms with Crippen molar-refractivity contribution < 1.29 is 18.7 Å². The minimum Gasteiger partial charge on any atom is -0.461 e. The molecule has 0 bridgehead atoms. The van der Waals surface area contributed by atoms with Crippen LogP contribution in [0.15, 0.2) is 78.3 Å². The van der Waals surface area contributed by atoms with Gasteiger partial charge in [0, 0.05) is 18.3 Å². The Morgan fingerprint density at radius 3 is 2.56 bits per heavy atom. The molecule has 1 N–H and O–H groups in total. The van der Waals surface area contributed by atoms with Crippen LogP contribution in [0.5, 0.6) is 0 Å². The van der Waals surface area contributed by atoms with E-state index >= 15 is 0 Å². The van der Waals surface area contributed by atoms with Crippen LogP contribution in [0.4, 0.5) is 10.1 Å². The first-order valence-electron chi connectivity index (χ1n) is 10.1. The Morgan fingerprint density at radius 1 is 1.06 bits per heavy atom. The number of nitrogens with zero attached hydrogens (tertiary/aromatic N) is 1. The first kappa shape index (κ1) is 21.5. The fourth-order valence-electron chi connectivity index (χ4n) is 3.46. The van der Waals surface area contributed by atoms with Gasteiger partial charge in [-0.1, -0.05) is 48.5 Å². The van der Waals surface area contributed by atoms with Crippen molar-refractivity contribution >= 4 is 28.9 Å². The summed E-state index contributed by atoms with van der Waals surface area (Å²) < 4.78 is 21.1. The van der Waals surface area contributed by atoms with Gasteiger partial charge in [-0.3, -0.25) is 4.79 Å². The lowest BCUT2D eigenvalue weighted by molar-refractivity contribution is 0.0515. The number of hydrogen-bond donors (Lipinski definition) is 1. The van der Waals surface area contributed by atoms with Gasteiger partial charge in [-0.15, -0.1) is 11.3 Å². The summed E-state index contributed by atoms with van der Waals surface area (Å²) in [7, 11) is 0. The number of carbonyl (C=O) groups is 2. The van der Waals surface area contributed by atoms with Gasteiger partial charge in [-0.2, -0.15) is 0 Å². The minimum atomic E-state index is -0.562. The molecule has 0 spiro atoms. The molecule has 0 fully saturated rings. The SMILES string of the molecule is CCOC(=O)c1c(NC(=O)c2cccs2)c(-c2cccc(F)c2)cn1Cc1ccccc1. The molecule has 4 aromatic rings. The highest BCUT2D eigenvalue weighted by atomic mass is 32.1. The van der Waals surface area contributed by atoms with Gasteiger partial charge in [-0.25, -0.2) is 9.18 Å². The Balaban J connectivity index is 1.87. The van der Waals surface area contributed by atoms with Crippen molar-refractivity contribution in [1.82, 2.24) is 4.57 Å². The highest BCUT2D eigenvalue weighted by Crippen LogP contribution is 2.35. The van der Waals surface area contributed by atoms with Gasteiger partial charge in [0.25, 0.3) is 5.91 Å². The van der Waals surface area contributed by atoms with Crippen LogP contribution in [0.25, 0.3) is 11.1 Å². The third kappa shape index (κ3) is 4.63. The lowest BCUT2D eigenvalue weighted by Gasteiger charge is -2.12. The van der Waals surface area contributed by atoms with Crippen molar-refractivity contribution in [3.8, 4) is 11.1 Å². The molecule has 0 radical (unpaired) electrons. The Bertz CT molecular complexity index is 1230. The minimum absolute atomic E-state index is 0.183. The van der Waals surface area contributed by atoms with E-state index in [4.69, 9.17) is 4.74 Å². The molecular formula is C25H21FN2O3S. The number of rotatable bonds is 7. The Labute approximate surface area is 189 Å². The highest BCUT2D eigenvalue weighted by molar-refractivity contribution is 7.12. The average Bonchev–Trinajstić information content (AvgIpc) is 3.43. The van der Waals surface area contributed by atoms with E-state index in [1.807, 2.05) is 30.3 Å². The average molecular weight is 449 g/mol. The molecule has 2 aromatic heterocycles. The van der Waals surface area contributed by atoms with E-state index < -0.39 is 11.8 Å². The van der Waals surface area contributed by atoms with Gasteiger partial charge in [-0.05, 0) is 41.6 Å². The lowest BCUT2D eigenvalue weighted by Crippen LogP contribution is -2.18. The zero-order valence-corrected chi connectivity index (χ0v) is 18.2. The van der Waals surface area contributed by atoms with Crippen LogP contribution in [0.2, 0.25) is 0 Å². The van der Waals surface area contributed by atoms with Gasteiger partial charge in [0.1, 0.15) is 5.82 Å². The number of nitrogens with one attached hydrogen (secondary N) is 1. The monoisotopic (exact) mass is 448 g/mol. The van der Waals surface area contributed by atoms with E-state index in [9.17, 15) is 14.0 Å². The first-order chi connectivity index (χ1) is 15.6. The normalized spacial score (nSPS) is 10.7. The maximum Gasteiger partial charge on any atom is 0.357 e. The van der Waals surface area contributed by atoms with E-state index in [0.29, 0.717) is 28.2 Å². The van der Waals surface area contributed by atoms with Crippen LogP contribution in [-0.2, 0) is 11.3 Å². The number of thiophene rings is 1. The van der Waals surface area contributed by atoms with Crippen molar-refractivity contribution in [1.29, 1.82) is 0 Å². The van der Waals surface area contributed by atoms with Crippen molar-refractivity contribution in [3.63, 3.8) is 0 Å². The molecule has 0 unspecified atom stereocenters. The molecule has 2 aromatic carbocycles. The second kappa shape index (κ2) is 9.62. The fraction of sp³-hybridized carbons (Fsp3) is 0.120. The first-order valence-corrected chi connectivity index (χ1v) is 11.0. The van der Waals surface area contributed by atoms with Gasteiger partial charge in [0.2, 0.25) is 0 Å². The second-order valence-corrected chi connectivity index (χ2v) is 7.99. The number of anilines is 1. The van der Waals surface area contributed by atoms with Crippen LogP contribution < -0.4 is 5.32 Å². The summed E-state index contributed by atoms with van der Waals surface area (Å²) in [5.41, 5.74) is 2.55. The fourth-order valence-corrected chi connectivity index (χ4v) is 4.08. The van der Waals surface area contributed by atoms with Crippen molar-refractivity contribution in [2.24, 2.45) is 0 Å². The highest BCUT2D eigenvalue weighted by Gasteiger charge is 2.26. The molecule has 162 valence electrons. The van der Waals surface area contributed by atoms with Gasteiger partial charge in [0.15, 0.2) is 5.69 Å². The van der Waals surface area contributed by atoms with E-state index in [0.717, 1.165) is 5.56 Å². The van der Waals surface area contributed by atoms with Gasteiger partial charge < -0.3 is 14.6 Å². The van der Waals surface area contributed by atoms with Crippen molar-refractivity contribution in [2.75, 3.05) is 11.9 Å². The molecule has 7 heteroatoms. The largest absolute Gasteiger partial charge is 0.461 e. The smallest absolute Gasteiger partial charge is 0.357 e. The molecule has 32 heavy (non-hydrogen) atoms. The van der Waals surface area contributed by atoms with E-state index in [1.54, 1.807) is 47.3 Å². The number of ether oxygens (including phenoxy) is 1. The summed E-state index contributed by atoms with van der Waals surface area (Å²) in [6.07, 6.45) is 1.75. The Hall–Kier alpha value is -3.71. The number of carbonyl (C=O) groups excluding carboxylic acids is 2. The van der Waals surface area contributed by atoms with Gasteiger partial charge >= 0.3 is 5.97 Å². The zero-order valence-electron chi connectivity index (χ0n) is 17.4. The molecule has 0 saturated carbocycles. The molecule has 5 nitrogen and oxygen atoms in total. The van der Waals surface area contributed by atoms with E-state index in [1.165, 1.54) is 23.5 Å². The summed E-state index contributed by atoms with van der Waals surface area (Å²) in [5.74, 6) is -1.32. The number of hydrogen-bond acceptors (Lipinski definition) is 4. The number of benzene rings is 2. The quantitative estimate of drug-likeness (QED) is 0.362. The molecule has 0 atom stereocenters. The summed E-state index contributed by atoms with van der Waals surface area (Å²) in [6, 6.07) is 19.2. The molecule has 0 aliphatic rings. The number of halogens is 1. The standard InChI is InChI=1S/C25H21FN2O3S/c1-2-31-25(30)23-22(27-24(29)21-12-7-13-32-21)20(18-10-6-11-19(26)14-18)16-28(23)15-17-8-4-3-5-9-17/h3-14,16H,2,15H2,1H3,(H,27,29). The molecule has 0 aliphatic carbocycles. The molecule has 4 rings (SSSR count). The van der Waals surface area contributed by atoms with Crippen LogP contribution in [0, 0.1) is 5.82 Å². The summed E-state index contributed by atoms with van der Waals surface area (Å²) in [5, 5.41) is 4.67. The van der Waals surface area contributed by atoms with Crippen LogP contribution in [0.3, 0.4) is 0 Å². The molecule has 2 heterocycles. The number of aromatic nitrogens is 1. The summed E-state index contributed by atoms with van der Waals surface area (Å²) >= 11 is 1.29. The predicted octanol–water partition coefficient (Wildman–Crippen LogP) is 5.83. The number of amides is 1. The zero-order chi connectivity index (χ0) is 22.5.